The van der Waals surface area contributed by atoms with Gasteiger partial charge in [-0.05, 0) is 31.0 Å². The van der Waals surface area contributed by atoms with E-state index in [1.807, 2.05) is 19.1 Å². The van der Waals surface area contributed by atoms with Crippen molar-refractivity contribution in [1.82, 2.24) is 9.88 Å². The van der Waals surface area contributed by atoms with Gasteiger partial charge in [-0.25, -0.2) is 9.78 Å². The molecule has 1 amide bonds. The molecule has 2 heterocycles. The first kappa shape index (κ1) is 11.7. The van der Waals surface area contributed by atoms with E-state index in [0.29, 0.717) is 19.6 Å². The number of rotatable bonds is 1. The van der Waals surface area contributed by atoms with Crippen molar-refractivity contribution in [2.75, 3.05) is 31.1 Å². The van der Waals surface area contributed by atoms with Crippen LogP contribution in [0.2, 0.25) is 0 Å². The summed E-state index contributed by atoms with van der Waals surface area (Å²) in [6.45, 7) is 4.76. The minimum atomic E-state index is -0.830. The molecular weight excluding hydrogens is 218 g/mol. The first-order chi connectivity index (χ1) is 8.16. The van der Waals surface area contributed by atoms with E-state index in [9.17, 15) is 4.79 Å². The summed E-state index contributed by atoms with van der Waals surface area (Å²) >= 11 is 0. The molecule has 5 nitrogen and oxygen atoms in total. The topological polar surface area (TPSA) is 56.7 Å². The predicted octanol–water partition coefficient (Wildman–Crippen LogP) is 1.58. The summed E-state index contributed by atoms with van der Waals surface area (Å²) in [5.41, 5.74) is 1.18. The van der Waals surface area contributed by atoms with E-state index in [4.69, 9.17) is 5.11 Å². The maximum Gasteiger partial charge on any atom is 0.407 e. The number of hydrogen-bond donors (Lipinski definition) is 1. The van der Waals surface area contributed by atoms with Gasteiger partial charge in [0, 0.05) is 32.4 Å². The monoisotopic (exact) mass is 235 g/mol. The molecule has 1 aromatic rings. The van der Waals surface area contributed by atoms with Gasteiger partial charge in [0.2, 0.25) is 0 Å². The molecule has 0 radical (unpaired) electrons. The lowest BCUT2D eigenvalue weighted by Gasteiger charge is -2.21. The molecule has 1 aliphatic heterocycles. The molecule has 0 atom stereocenters. The van der Waals surface area contributed by atoms with Gasteiger partial charge in [-0.15, -0.1) is 0 Å². The zero-order chi connectivity index (χ0) is 12.3. The summed E-state index contributed by atoms with van der Waals surface area (Å²) < 4.78 is 0. The summed E-state index contributed by atoms with van der Waals surface area (Å²) in [5.74, 6) is 0.942. The third kappa shape index (κ3) is 2.87. The molecule has 0 bridgehead atoms. The maximum absolute atomic E-state index is 10.9. The molecule has 1 aliphatic rings. The molecule has 1 fully saturated rings. The van der Waals surface area contributed by atoms with Crippen LogP contribution in [0.3, 0.4) is 0 Å². The lowest BCUT2D eigenvalue weighted by Crippen LogP contribution is -2.34. The number of hydrogen-bond acceptors (Lipinski definition) is 3. The second-order valence-electron chi connectivity index (χ2n) is 4.30. The summed E-state index contributed by atoms with van der Waals surface area (Å²) in [6.07, 6.45) is 1.82. The van der Waals surface area contributed by atoms with Gasteiger partial charge in [0.1, 0.15) is 5.82 Å². The molecule has 1 N–H and O–H groups in total. The second-order valence-corrected chi connectivity index (χ2v) is 4.30. The normalized spacial score (nSPS) is 16.8. The van der Waals surface area contributed by atoms with Crippen molar-refractivity contribution in [2.24, 2.45) is 0 Å². The molecule has 0 aliphatic carbocycles. The van der Waals surface area contributed by atoms with Crippen LogP contribution >= 0.6 is 0 Å². The third-order valence-corrected chi connectivity index (χ3v) is 2.99. The number of amides is 1. The molecule has 92 valence electrons. The van der Waals surface area contributed by atoms with E-state index < -0.39 is 6.09 Å². The lowest BCUT2D eigenvalue weighted by atomic mass is 10.3. The lowest BCUT2D eigenvalue weighted by molar-refractivity contribution is 0.148. The zero-order valence-electron chi connectivity index (χ0n) is 9.96. The molecular formula is C12H17N3O2. The molecule has 0 spiro atoms. The van der Waals surface area contributed by atoms with Gasteiger partial charge in [0.05, 0.1) is 0 Å². The summed E-state index contributed by atoms with van der Waals surface area (Å²) in [4.78, 5) is 18.8. The van der Waals surface area contributed by atoms with Gasteiger partial charge in [-0.2, -0.15) is 0 Å². The van der Waals surface area contributed by atoms with Crippen molar-refractivity contribution in [1.29, 1.82) is 0 Å². The largest absolute Gasteiger partial charge is 0.465 e. The summed E-state index contributed by atoms with van der Waals surface area (Å²) in [7, 11) is 0. The summed E-state index contributed by atoms with van der Waals surface area (Å²) in [5, 5.41) is 8.96. The molecule has 1 saturated heterocycles. The minimum absolute atomic E-state index is 0.547. The van der Waals surface area contributed by atoms with Crippen LogP contribution < -0.4 is 4.90 Å². The van der Waals surface area contributed by atoms with Crippen LogP contribution in [0.1, 0.15) is 12.0 Å². The Kier molecular flexibility index (Phi) is 3.46. The molecule has 17 heavy (non-hydrogen) atoms. The standard InChI is InChI=1S/C12H17N3O2/c1-10-3-4-13-11(9-10)14-5-2-6-15(8-7-14)12(16)17/h3-4,9H,2,5-8H2,1H3,(H,16,17). The van der Waals surface area contributed by atoms with Crippen LogP contribution in [0.5, 0.6) is 0 Å². The van der Waals surface area contributed by atoms with Crippen molar-refractivity contribution >= 4 is 11.9 Å². The number of carboxylic acid groups (broad SMARTS) is 1. The van der Waals surface area contributed by atoms with Gasteiger partial charge < -0.3 is 14.9 Å². The van der Waals surface area contributed by atoms with E-state index in [2.05, 4.69) is 9.88 Å². The molecule has 0 unspecified atom stereocenters. The van der Waals surface area contributed by atoms with Crippen molar-refractivity contribution in [2.45, 2.75) is 13.3 Å². The quantitative estimate of drug-likeness (QED) is 0.803. The van der Waals surface area contributed by atoms with Crippen molar-refractivity contribution in [3.63, 3.8) is 0 Å². The number of aryl methyl sites for hydroxylation is 1. The van der Waals surface area contributed by atoms with Gasteiger partial charge in [-0.1, -0.05) is 0 Å². The van der Waals surface area contributed by atoms with Crippen LogP contribution in [0.25, 0.3) is 0 Å². The van der Waals surface area contributed by atoms with E-state index in [-0.39, 0.29) is 0 Å². The molecule has 0 saturated carbocycles. The highest BCUT2D eigenvalue weighted by atomic mass is 16.4. The molecule has 0 aromatic carbocycles. The van der Waals surface area contributed by atoms with Crippen molar-refractivity contribution in [3.05, 3.63) is 23.9 Å². The number of anilines is 1. The van der Waals surface area contributed by atoms with Gasteiger partial charge in [0.25, 0.3) is 0 Å². The fraction of sp³-hybridized carbons (Fsp3) is 0.500. The number of nitrogens with zero attached hydrogens (tertiary/aromatic N) is 3. The second kappa shape index (κ2) is 5.03. The Morgan fingerprint density at radius 1 is 1.35 bits per heavy atom. The van der Waals surface area contributed by atoms with E-state index >= 15 is 0 Å². The van der Waals surface area contributed by atoms with Gasteiger partial charge in [0.15, 0.2) is 0 Å². The molecule has 2 rings (SSSR count). The average Bonchev–Trinajstić information content (AvgIpc) is 2.54. The first-order valence-electron chi connectivity index (χ1n) is 5.82. The molecule has 5 heteroatoms. The highest BCUT2D eigenvalue weighted by Gasteiger charge is 2.18. The van der Waals surface area contributed by atoms with Crippen LogP contribution in [0, 0.1) is 6.92 Å². The predicted molar refractivity (Wildman–Crippen MR) is 65.4 cm³/mol. The van der Waals surface area contributed by atoms with Crippen molar-refractivity contribution < 1.29 is 9.90 Å². The highest BCUT2D eigenvalue weighted by molar-refractivity contribution is 5.65. The van der Waals surface area contributed by atoms with E-state index in [1.54, 1.807) is 6.20 Å². The van der Waals surface area contributed by atoms with Gasteiger partial charge in [-0.3, -0.25) is 0 Å². The summed E-state index contributed by atoms with van der Waals surface area (Å²) in [6, 6.07) is 4.00. The number of carbonyl (C=O) groups is 1. The highest BCUT2D eigenvalue weighted by Crippen LogP contribution is 2.14. The fourth-order valence-corrected chi connectivity index (χ4v) is 2.03. The number of aromatic nitrogens is 1. The fourth-order valence-electron chi connectivity index (χ4n) is 2.03. The first-order valence-corrected chi connectivity index (χ1v) is 5.82. The van der Waals surface area contributed by atoms with Crippen molar-refractivity contribution in [3.8, 4) is 0 Å². The Bertz CT molecular complexity index is 408. The Labute approximate surface area is 101 Å². The Hall–Kier alpha value is -1.78. The van der Waals surface area contributed by atoms with E-state index in [1.165, 1.54) is 10.5 Å². The minimum Gasteiger partial charge on any atom is -0.465 e. The van der Waals surface area contributed by atoms with Crippen LogP contribution in [-0.2, 0) is 0 Å². The Morgan fingerprint density at radius 2 is 2.18 bits per heavy atom. The zero-order valence-corrected chi connectivity index (χ0v) is 9.96. The molecule has 1 aromatic heterocycles. The smallest absolute Gasteiger partial charge is 0.407 e. The SMILES string of the molecule is Cc1ccnc(N2CCCN(C(=O)O)CC2)c1. The average molecular weight is 235 g/mol. The van der Waals surface area contributed by atoms with E-state index in [0.717, 1.165) is 18.8 Å². The number of pyridine rings is 1. The maximum atomic E-state index is 10.9. The third-order valence-electron chi connectivity index (χ3n) is 2.99. The Balaban J connectivity index is 2.06. The Morgan fingerprint density at radius 3 is 2.88 bits per heavy atom. The van der Waals surface area contributed by atoms with Crippen LogP contribution in [0.15, 0.2) is 18.3 Å². The van der Waals surface area contributed by atoms with Gasteiger partial charge >= 0.3 is 6.09 Å². The van der Waals surface area contributed by atoms with Crippen LogP contribution in [0.4, 0.5) is 10.6 Å². The van der Waals surface area contributed by atoms with Crippen LogP contribution in [-0.4, -0.2) is 47.3 Å².